The van der Waals surface area contributed by atoms with Crippen molar-refractivity contribution in [2.24, 2.45) is 5.41 Å². The Labute approximate surface area is 113 Å². The Hall–Kier alpha value is -2.25. The Bertz CT molecular complexity index is 551. The maximum Gasteiger partial charge on any atom is 0.311 e. The molecule has 1 atom stereocenters. The summed E-state index contributed by atoms with van der Waals surface area (Å²) < 4.78 is 26.7. The normalized spacial score (nSPS) is 13.6. The number of nitrogens with one attached hydrogen (secondary N) is 1. The lowest BCUT2D eigenvalue weighted by atomic mass is 9.87. The van der Waals surface area contributed by atoms with Crippen molar-refractivity contribution in [1.29, 1.82) is 0 Å². The standard InChI is InChI=1S/C12H14F2N2O4/c1-3-12(2,11(17)18)6-15-10-8(16(19)20)5-4-7(13)9(10)14/h4-5,15H,3,6H2,1-2H3,(H,17,18). The van der Waals surface area contributed by atoms with Crippen molar-refractivity contribution in [3.8, 4) is 0 Å². The van der Waals surface area contributed by atoms with Crippen LogP contribution in [0.15, 0.2) is 12.1 Å². The van der Waals surface area contributed by atoms with E-state index in [0.717, 1.165) is 6.07 Å². The van der Waals surface area contributed by atoms with Crippen molar-refractivity contribution in [3.05, 3.63) is 33.9 Å². The largest absolute Gasteiger partial charge is 0.481 e. The first-order valence-electron chi connectivity index (χ1n) is 5.82. The molecule has 0 aromatic heterocycles. The lowest BCUT2D eigenvalue weighted by molar-refractivity contribution is -0.384. The Balaban J connectivity index is 3.12. The predicted molar refractivity (Wildman–Crippen MR) is 67.5 cm³/mol. The maximum absolute atomic E-state index is 13.6. The molecule has 6 nitrogen and oxygen atoms in total. The first kappa shape index (κ1) is 15.8. The van der Waals surface area contributed by atoms with Crippen LogP contribution in [0.1, 0.15) is 20.3 Å². The van der Waals surface area contributed by atoms with Crippen LogP contribution in [-0.2, 0) is 4.79 Å². The van der Waals surface area contributed by atoms with Crippen LogP contribution in [0.2, 0.25) is 0 Å². The van der Waals surface area contributed by atoms with Gasteiger partial charge in [-0.15, -0.1) is 0 Å². The second-order valence-electron chi connectivity index (χ2n) is 4.59. The van der Waals surface area contributed by atoms with Gasteiger partial charge in [0.15, 0.2) is 17.3 Å². The smallest absolute Gasteiger partial charge is 0.311 e. The van der Waals surface area contributed by atoms with Crippen LogP contribution in [0.25, 0.3) is 0 Å². The number of nitro groups is 1. The molecule has 0 aliphatic rings. The lowest BCUT2D eigenvalue weighted by Gasteiger charge is -2.23. The summed E-state index contributed by atoms with van der Waals surface area (Å²) in [6.45, 7) is 2.76. The highest BCUT2D eigenvalue weighted by Gasteiger charge is 2.32. The van der Waals surface area contributed by atoms with E-state index in [1.807, 2.05) is 0 Å². The Kier molecular flexibility index (Phi) is 4.59. The fraction of sp³-hybridized carbons (Fsp3) is 0.417. The summed E-state index contributed by atoms with van der Waals surface area (Å²) in [5.41, 5.74) is -2.53. The van der Waals surface area contributed by atoms with Crippen molar-refractivity contribution in [1.82, 2.24) is 0 Å². The summed E-state index contributed by atoms with van der Waals surface area (Å²) in [6, 6.07) is 1.47. The lowest BCUT2D eigenvalue weighted by Crippen LogP contribution is -2.34. The summed E-state index contributed by atoms with van der Waals surface area (Å²) in [6.07, 6.45) is 0.222. The number of aliphatic carboxylic acids is 1. The number of anilines is 1. The summed E-state index contributed by atoms with van der Waals surface area (Å²) in [7, 11) is 0. The SMILES string of the molecule is CCC(C)(CNc1c([N+](=O)[O-])ccc(F)c1F)C(=O)O. The molecule has 1 aromatic carbocycles. The average Bonchev–Trinajstić information content (AvgIpc) is 2.39. The predicted octanol–water partition coefficient (Wildman–Crippen LogP) is 2.79. The van der Waals surface area contributed by atoms with Gasteiger partial charge in [-0.1, -0.05) is 6.92 Å². The third kappa shape index (κ3) is 3.01. The van der Waals surface area contributed by atoms with E-state index in [0.29, 0.717) is 6.07 Å². The minimum absolute atomic E-state index is 0.222. The molecule has 110 valence electrons. The topological polar surface area (TPSA) is 92.5 Å². The van der Waals surface area contributed by atoms with Crippen molar-refractivity contribution >= 4 is 17.3 Å². The third-order valence-corrected chi connectivity index (χ3v) is 3.22. The number of carboxylic acids is 1. The fourth-order valence-corrected chi connectivity index (χ4v) is 1.50. The fourth-order valence-electron chi connectivity index (χ4n) is 1.50. The Morgan fingerprint density at radius 2 is 2.10 bits per heavy atom. The van der Waals surface area contributed by atoms with E-state index in [4.69, 9.17) is 5.11 Å². The van der Waals surface area contributed by atoms with Gasteiger partial charge in [-0.2, -0.15) is 0 Å². The molecule has 0 aliphatic carbocycles. The van der Waals surface area contributed by atoms with Gasteiger partial charge in [0, 0.05) is 12.6 Å². The van der Waals surface area contributed by atoms with Gasteiger partial charge in [0.05, 0.1) is 10.3 Å². The van der Waals surface area contributed by atoms with Gasteiger partial charge in [0.25, 0.3) is 5.69 Å². The number of hydrogen-bond donors (Lipinski definition) is 2. The Morgan fingerprint density at radius 3 is 2.55 bits per heavy atom. The molecule has 8 heteroatoms. The van der Waals surface area contributed by atoms with Gasteiger partial charge < -0.3 is 10.4 Å². The molecule has 0 saturated carbocycles. The zero-order chi connectivity index (χ0) is 15.5. The number of halogens is 2. The number of benzene rings is 1. The maximum atomic E-state index is 13.6. The number of carbonyl (C=O) groups is 1. The molecular weight excluding hydrogens is 274 g/mol. The molecule has 0 aliphatic heterocycles. The summed E-state index contributed by atoms with van der Waals surface area (Å²) >= 11 is 0. The van der Waals surface area contributed by atoms with Crippen LogP contribution in [0, 0.1) is 27.2 Å². The number of rotatable bonds is 6. The number of nitrogens with zero attached hydrogens (tertiary/aromatic N) is 1. The molecule has 20 heavy (non-hydrogen) atoms. The number of carboxylic acid groups (broad SMARTS) is 1. The van der Waals surface area contributed by atoms with Crippen LogP contribution >= 0.6 is 0 Å². The second-order valence-corrected chi connectivity index (χ2v) is 4.59. The van der Waals surface area contributed by atoms with Crippen molar-refractivity contribution < 1.29 is 23.6 Å². The van der Waals surface area contributed by atoms with E-state index in [1.54, 1.807) is 6.92 Å². The van der Waals surface area contributed by atoms with E-state index < -0.39 is 39.3 Å². The molecule has 1 unspecified atom stereocenters. The molecule has 0 spiro atoms. The number of nitro benzene ring substituents is 1. The molecular formula is C12H14F2N2O4. The van der Waals surface area contributed by atoms with E-state index in [1.165, 1.54) is 6.92 Å². The molecule has 0 amide bonds. The monoisotopic (exact) mass is 288 g/mol. The zero-order valence-corrected chi connectivity index (χ0v) is 10.9. The molecule has 2 N–H and O–H groups in total. The summed E-state index contributed by atoms with van der Waals surface area (Å²) in [5, 5.41) is 22.2. The van der Waals surface area contributed by atoms with Crippen molar-refractivity contribution in [2.75, 3.05) is 11.9 Å². The average molecular weight is 288 g/mol. The molecule has 1 aromatic rings. The molecule has 0 fully saturated rings. The van der Waals surface area contributed by atoms with E-state index in [-0.39, 0.29) is 13.0 Å². The van der Waals surface area contributed by atoms with Gasteiger partial charge in [-0.05, 0) is 19.4 Å². The second kappa shape index (κ2) is 5.81. The molecule has 0 radical (unpaired) electrons. The summed E-state index contributed by atoms with van der Waals surface area (Å²) in [4.78, 5) is 21.0. The van der Waals surface area contributed by atoms with Gasteiger partial charge >= 0.3 is 5.97 Å². The molecule has 1 rings (SSSR count). The van der Waals surface area contributed by atoms with E-state index in [9.17, 15) is 23.7 Å². The minimum atomic E-state index is -1.40. The van der Waals surface area contributed by atoms with Gasteiger partial charge in [0.1, 0.15) is 0 Å². The van der Waals surface area contributed by atoms with Crippen molar-refractivity contribution in [3.63, 3.8) is 0 Å². The highest BCUT2D eigenvalue weighted by molar-refractivity contribution is 5.75. The minimum Gasteiger partial charge on any atom is -0.481 e. The van der Waals surface area contributed by atoms with Crippen LogP contribution in [0.5, 0.6) is 0 Å². The van der Waals surface area contributed by atoms with Gasteiger partial charge in [0.2, 0.25) is 0 Å². The molecule has 0 heterocycles. The highest BCUT2D eigenvalue weighted by atomic mass is 19.2. The summed E-state index contributed by atoms with van der Waals surface area (Å²) in [5.74, 6) is -3.78. The molecule has 0 bridgehead atoms. The van der Waals surface area contributed by atoms with Crippen molar-refractivity contribution in [2.45, 2.75) is 20.3 Å². The Morgan fingerprint density at radius 1 is 1.50 bits per heavy atom. The van der Waals surface area contributed by atoms with E-state index >= 15 is 0 Å². The highest BCUT2D eigenvalue weighted by Crippen LogP contribution is 2.31. The van der Waals surface area contributed by atoms with Gasteiger partial charge in [-0.25, -0.2) is 8.78 Å². The first-order valence-corrected chi connectivity index (χ1v) is 5.82. The first-order chi connectivity index (χ1) is 9.23. The van der Waals surface area contributed by atoms with Gasteiger partial charge in [-0.3, -0.25) is 14.9 Å². The quantitative estimate of drug-likeness (QED) is 0.620. The van der Waals surface area contributed by atoms with Crippen LogP contribution in [0.3, 0.4) is 0 Å². The number of hydrogen-bond acceptors (Lipinski definition) is 4. The van der Waals surface area contributed by atoms with Crippen LogP contribution in [0.4, 0.5) is 20.2 Å². The zero-order valence-electron chi connectivity index (χ0n) is 10.9. The molecule has 0 saturated heterocycles. The van der Waals surface area contributed by atoms with Crippen LogP contribution in [-0.4, -0.2) is 22.5 Å². The van der Waals surface area contributed by atoms with E-state index in [2.05, 4.69) is 5.32 Å². The van der Waals surface area contributed by atoms with Crippen LogP contribution < -0.4 is 5.32 Å². The third-order valence-electron chi connectivity index (χ3n) is 3.22.